The Balaban J connectivity index is 2.08. The fourth-order valence-electron chi connectivity index (χ4n) is 5.28. The van der Waals surface area contributed by atoms with Crippen LogP contribution in [0.15, 0.2) is 30.3 Å². The first kappa shape index (κ1) is 30.8. The second-order valence-electron chi connectivity index (χ2n) is 11.3. The van der Waals surface area contributed by atoms with Gasteiger partial charge in [0.1, 0.15) is 0 Å². The monoisotopic (exact) mass is 515 g/mol. The molecule has 3 amide bonds. The fourth-order valence-corrected chi connectivity index (χ4v) is 5.28. The maximum absolute atomic E-state index is 13.5. The molecule has 1 saturated carbocycles. The van der Waals surface area contributed by atoms with Gasteiger partial charge in [0.15, 0.2) is 0 Å². The van der Waals surface area contributed by atoms with Gasteiger partial charge >= 0.3 is 0 Å². The summed E-state index contributed by atoms with van der Waals surface area (Å²) >= 11 is 0. The molecule has 1 aromatic rings. The molecule has 4 N–H and O–H groups in total. The predicted molar refractivity (Wildman–Crippen MR) is 148 cm³/mol. The highest BCUT2D eigenvalue weighted by Crippen LogP contribution is 2.36. The van der Waals surface area contributed by atoms with E-state index in [-0.39, 0.29) is 47.4 Å². The first-order valence-electron chi connectivity index (χ1n) is 14.2. The molecule has 0 saturated heterocycles. The second-order valence-corrected chi connectivity index (χ2v) is 11.3. The number of rotatable bonds is 14. The fraction of sp³-hybridized carbons (Fsp3) is 0.700. The van der Waals surface area contributed by atoms with E-state index < -0.39 is 12.1 Å². The largest absolute Gasteiger partial charge is 0.391 e. The minimum Gasteiger partial charge on any atom is -0.391 e. The van der Waals surface area contributed by atoms with Gasteiger partial charge in [-0.15, -0.1) is 0 Å². The molecule has 0 aliphatic heterocycles. The summed E-state index contributed by atoms with van der Waals surface area (Å²) in [5.74, 6) is -0.417. The van der Waals surface area contributed by atoms with E-state index in [2.05, 4.69) is 22.9 Å². The van der Waals surface area contributed by atoms with Gasteiger partial charge < -0.3 is 21.1 Å². The number of unbranched alkanes of at least 4 members (excludes halogenated alkanes) is 1. The van der Waals surface area contributed by atoms with Crippen molar-refractivity contribution in [3.05, 3.63) is 35.9 Å². The van der Waals surface area contributed by atoms with Gasteiger partial charge in [-0.1, -0.05) is 63.9 Å². The number of hydrogen-bond acceptors (Lipinski definition) is 4. The van der Waals surface area contributed by atoms with Crippen LogP contribution in [0.25, 0.3) is 0 Å². The van der Waals surface area contributed by atoms with Crippen molar-refractivity contribution >= 4 is 17.7 Å². The third-order valence-corrected chi connectivity index (χ3v) is 7.81. The van der Waals surface area contributed by atoms with Gasteiger partial charge in [0.05, 0.1) is 12.1 Å². The molecule has 7 heteroatoms. The van der Waals surface area contributed by atoms with Crippen LogP contribution in [0.3, 0.4) is 0 Å². The summed E-state index contributed by atoms with van der Waals surface area (Å²) in [5.41, 5.74) is 0.645. The molecule has 0 aromatic heterocycles. The van der Waals surface area contributed by atoms with E-state index in [0.29, 0.717) is 25.8 Å². The lowest BCUT2D eigenvalue weighted by atomic mass is 9.72. The van der Waals surface area contributed by atoms with E-state index in [1.807, 2.05) is 58.0 Å². The van der Waals surface area contributed by atoms with Crippen LogP contribution in [0, 0.1) is 17.8 Å². The summed E-state index contributed by atoms with van der Waals surface area (Å²) in [6, 6.07) is 9.32. The van der Waals surface area contributed by atoms with Crippen LogP contribution < -0.4 is 16.0 Å². The van der Waals surface area contributed by atoms with Crippen molar-refractivity contribution in [1.29, 1.82) is 0 Å². The summed E-state index contributed by atoms with van der Waals surface area (Å²) < 4.78 is 0. The van der Waals surface area contributed by atoms with E-state index >= 15 is 0 Å². The Bertz CT molecular complexity index is 858. The summed E-state index contributed by atoms with van der Waals surface area (Å²) in [6.07, 6.45) is 5.69. The highest BCUT2D eigenvalue weighted by atomic mass is 16.3. The van der Waals surface area contributed by atoms with Gasteiger partial charge in [-0.25, -0.2) is 0 Å². The molecule has 2 rings (SSSR count). The molecule has 5 atom stereocenters. The molecule has 1 aliphatic rings. The number of amides is 3. The summed E-state index contributed by atoms with van der Waals surface area (Å²) in [6.45, 7) is 10.5. The van der Waals surface area contributed by atoms with Crippen LogP contribution in [-0.2, 0) is 20.8 Å². The third kappa shape index (κ3) is 10.1. The van der Waals surface area contributed by atoms with E-state index in [1.54, 1.807) is 0 Å². The molecule has 1 fully saturated rings. The topological polar surface area (TPSA) is 108 Å². The minimum atomic E-state index is -0.851. The molecule has 1 aromatic carbocycles. The highest BCUT2D eigenvalue weighted by Gasteiger charge is 2.38. The number of carbonyl (C=O) groups is 3. The Morgan fingerprint density at radius 2 is 1.81 bits per heavy atom. The van der Waals surface area contributed by atoms with Crippen LogP contribution in [0.1, 0.15) is 91.5 Å². The lowest BCUT2D eigenvalue weighted by Gasteiger charge is -2.40. The first-order chi connectivity index (χ1) is 17.6. The third-order valence-electron chi connectivity index (χ3n) is 7.81. The zero-order valence-corrected chi connectivity index (χ0v) is 23.5. The number of nitrogens with one attached hydrogen (secondary N) is 3. The number of aliphatic hydroxyl groups excluding tert-OH is 1. The lowest BCUT2D eigenvalue weighted by Crippen LogP contribution is -2.52. The second kappa shape index (κ2) is 15.1. The van der Waals surface area contributed by atoms with Crippen molar-refractivity contribution in [2.75, 3.05) is 6.54 Å². The smallest absolute Gasteiger partial charge is 0.223 e. The number of benzene rings is 1. The van der Waals surface area contributed by atoms with Crippen molar-refractivity contribution in [1.82, 2.24) is 16.0 Å². The van der Waals surface area contributed by atoms with E-state index in [0.717, 1.165) is 37.7 Å². The molecule has 0 heterocycles. The molecule has 0 spiro atoms. The SMILES string of the molecule is CCCCNC(=O)[C@H](C)C[C@H](O)[C@H](Cc1ccccc1)NC(=O)[C@@H]1CCC[C@H](C(C)(C)NC(=O)CC)C1. The molecule has 1 aliphatic carbocycles. The molecule has 37 heavy (non-hydrogen) atoms. The summed E-state index contributed by atoms with van der Waals surface area (Å²) in [4.78, 5) is 38.0. The van der Waals surface area contributed by atoms with Crippen molar-refractivity contribution in [3.8, 4) is 0 Å². The van der Waals surface area contributed by atoms with Crippen molar-refractivity contribution in [3.63, 3.8) is 0 Å². The number of carbonyl (C=O) groups excluding carboxylic acids is 3. The molecule has 7 nitrogen and oxygen atoms in total. The van der Waals surface area contributed by atoms with Crippen LogP contribution >= 0.6 is 0 Å². The van der Waals surface area contributed by atoms with Gasteiger partial charge in [0.25, 0.3) is 0 Å². The normalized spacial score (nSPS) is 20.4. The van der Waals surface area contributed by atoms with Crippen LogP contribution in [0.4, 0.5) is 0 Å². The van der Waals surface area contributed by atoms with Gasteiger partial charge in [-0.3, -0.25) is 14.4 Å². The quantitative estimate of drug-likeness (QED) is 0.280. The molecule has 0 bridgehead atoms. The average molecular weight is 516 g/mol. The van der Waals surface area contributed by atoms with Crippen molar-refractivity contribution < 1.29 is 19.5 Å². The average Bonchev–Trinajstić information content (AvgIpc) is 2.88. The summed E-state index contributed by atoms with van der Waals surface area (Å²) in [5, 5.41) is 20.4. The molecule has 208 valence electrons. The Morgan fingerprint density at radius 3 is 2.46 bits per heavy atom. The minimum absolute atomic E-state index is 0.0236. The van der Waals surface area contributed by atoms with Crippen molar-refractivity contribution in [2.24, 2.45) is 17.8 Å². The first-order valence-corrected chi connectivity index (χ1v) is 14.2. The van der Waals surface area contributed by atoms with Crippen molar-refractivity contribution in [2.45, 2.75) is 110 Å². The Hall–Kier alpha value is -2.41. The van der Waals surface area contributed by atoms with Gasteiger partial charge in [-0.2, -0.15) is 0 Å². The molecular weight excluding hydrogens is 466 g/mol. The van der Waals surface area contributed by atoms with E-state index in [9.17, 15) is 19.5 Å². The number of hydrogen-bond donors (Lipinski definition) is 4. The van der Waals surface area contributed by atoms with Gasteiger partial charge in [0.2, 0.25) is 17.7 Å². The predicted octanol–water partition coefficient (Wildman–Crippen LogP) is 4.13. The summed E-state index contributed by atoms with van der Waals surface area (Å²) in [7, 11) is 0. The van der Waals surface area contributed by atoms with Gasteiger partial charge in [0, 0.05) is 30.3 Å². The zero-order chi connectivity index (χ0) is 27.4. The van der Waals surface area contributed by atoms with Crippen LogP contribution in [0.5, 0.6) is 0 Å². The van der Waals surface area contributed by atoms with E-state index in [4.69, 9.17) is 0 Å². The number of aliphatic hydroxyl groups is 1. The Labute approximate surface area is 223 Å². The highest BCUT2D eigenvalue weighted by molar-refractivity contribution is 5.80. The van der Waals surface area contributed by atoms with Crippen LogP contribution in [0.2, 0.25) is 0 Å². The standard InChI is InChI=1S/C30H49N3O4/c1-6-8-17-31-28(36)21(3)18-26(34)25(19-22-13-10-9-11-14-22)32-29(37)23-15-12-16-24(20-23)30(4,5)33-27(35)7-2/h9-11,13-14,21,23-26,34H,6-8,12,15-20H2,1-5H3,(H,31,36)(H,32,37)(H,33,35)/t21-,23-,24+,25+,26+/m1/s1. The maximum Gasteiger partial charge on any atom is 0.223 e. The van der Waals surface area contributed by atoms with Gasteiger partial charge in [-0.05, 0) is 63.9 Å². The Morgan fingerprint density at radius 1 is 1.11 bits per heavy atom. The van der Waals surface area contributed by atoms with Crippen LogP contribution in [-0.4, -0.2) is 47.1 Å². The molecular formula is C30H49N3O4. The molecule has 0 radical (unpaired) electrons. The molecule has 0 unspecified atom stereocenters. The van der Waals surface area contributed by atoms with E-state index in [1.165, 1.54) is 0 Å². The maximum atomic E-state index is 13.5. The Kier molecular flexibility index (Phi) is 12.6. The zero-order valence-electron chi connectivity index (χ0n) is 23.5. The lowest BCUT2D eigenvalue weighted by molar-refractivity contribution is -0.128.